The molecular weight excluding hydrogens is 623 g/mol. The molecule has 0 fully saturated rings. The average molecular weight is 654 g/mol. The molecule has 0 amide bonds. The Morgan fingerprint density at radius 3 is 1.75 bits per heavy atom. The first-order valence-electron chi connectivity index (χ1n) is 17.3. The van der Waals surface area contributed by atoms with Crippen molar-refractivity contribution in [3.8, 4) is 22.3 Å². The molecule has 0 spiro atoms. The van der Waals surface area contributed by atoms with Gasteiger partial charge in [0.1, 0.15) is 23.2 Å². The molecule has 0 radical (unpaired) electrons. The monoisotopic (exact) mass is 653 g/mol. The smallest absolute Gasteiger partial charge is 0.159 e. The summed E-state index contributed by atoms with van der Waals surface area (Å²) < 4.78 is 6.55. The molecule has 1 aliphatic rings. The average Bonchev–Trinajstić information content (AvgIpc) is 3.60. The standard InChI is InChI=1S/C47H31N3O/c1-2-10-30(11-3-1)33-20-24-34(25-21-33)39-16-8-18-41-43(39)44-40(17-9-19-42(44)51-41)47-49-45(37-26-22-31-12-4-6-14-35(31)28-37)48-46(50-47)38-27-23-32-13-5-7-15-36(32)29-38/h1-29,45H,(H,48,49,50). The molecule has 1 N–H and O–H groups in total. The second-order valence-corrected chi connectivity index (χ2v) is 13.0. The van der Waals surface area contributed by atoms with Crippen LogP contribution in [0.25, 0.3) is 65.7 Å². The van der Waals surface area contributed by atoms with E-state index in [2.05, 4.69) is 163 Å². The first-order valence-corrected chi connectivity index (χ1v) is 17.3. The zero-order chi connectivity index (χ0) is 33.7. The Morgan fingerprint density at radius 2 is 1.00 bits per heavy atom. The van der Waals surface area contributed by atoms with Crippen molar-refractivity contribution in [2.45, 2.75) is 6.17 Å². The fraction of sp³-hybridized carbons (Fsp3) is 0.0213. The van der Waals surface area contributed by atoms with E-state index < -0.39 is 0 Å². The Kier molecular flexibility index (Phi) is 6.85. The second kappa shape index (κ2) is 12.0. The van der Waals surface area contributed by atoms with Crippen LogP contribution in [0.3, 0.4) is 0 Å². The topological polar surface area (TPSA) is 49.9 Å². The normalized spacial score (nSPS) is 14.5. The predicted molar refractivity (Wildman–Crippen MR) is 211 cm³/mol. The molecule has 1 atom stereocenters. The summed E-state index contributed by atoms with van der Waals surface area (Å²) in [4.78, 5) is 10.5. The van der Waals surface area contributed by atoms with Gasteiger partial charge in [-0.05, 0) is 73.6 Å². The molecule has 0 saturated carbocycles. The number of hydrogen-bond acceptors (Lipinski definition) is 4. The first kappa shape index (κ1) is 29.2. The zero-order valence-electron chi connectivity index (χ0n) is 27.6. The van der Waals surface area contributed by atoms with Gasteiger partial charge in [-0.1, -0.05) is 152 Å². The van der Waals surface area contributed by atoms with E-state index in [-0.39, 0.29) is 6.17 Å². The van der Waals surface area contributed by atoms with Gasteiger partial charge in [0.2, 0.25) is 0 Å². The molecule has 1 aromatic heterocycles. The van der Waals surface area contributed by atoms with Gasteiger partial charge in [-0.2, -0.15) is 0 Å². The summed E-state index contributed by atoms with van der Waals surface area (Å²) in [6, 6.07) is 61.7. The first-order chi connectivity index (χ1) is 25.2. The maximum atomic E-state index is 6.55. The predicted octanol–water partition coefficient (Wildman–Crippen LogP) is 11.7. The van der Waals surface area contributed by atoms with Gasteiger partial charge in [0.15, 0.2) is 5.84 Å². The van der Waals surface area contributed by atoms with E-state index in [0.717, 1.165) is 61.0 Å². The van der Waals surface area contributed by atoms with Crippen molar-refractivity contribution >= 4 is 55.2 Å². The number of nitrogens with one attached hydrogen (secondary N) is 1. The molecule has 2 heterocycles. The zero-order valence-corrected chi connectivity index (χ0v) is 27.6. The Labute approximate surface area is 295 Å². The lowest BCUT2D eigenvalue weighted by atomic mass is 9.95. The van der Waals surface area contributed by atoms with Gasteiger partial charge < -0.3 is 9.73 Å². The summed E-state index contributed by atoms with van der Waals surface area (Å²) >= 11 is 0. The molecule has 1 unspecified atom stereocenters. The van der Waals surface area contributed by atoms with Gasteiger partial charge >= 0.3 is 0 Å². The fourth-order valence-corrected chi connectivity index (χ4v) is 7.37. The third-order valence-electron chi connectivity index (χ3n) is 9.92. The molecule has 4 heteroatoms. The number of fused-ring (bicyclic) bond motifs is 5. The van der Waals surface area contributed by atoms with Crippen LogP contribution in [-0.2, 0) is 0 Å². The minimum absolute atomic E-state index is 0.345. The molecule has 51 heavy (non-hydrogen) atoms. The number of hydrogen-bond donors (Lipinski definition) is 1. The summed E-state index contributed by atoms with van der Waals surface area (Å²) in [6.45, 7) is 0. The highest BCUT2D eigenvalue weighted by atomic mass is 16.3. The van der Waals surface area contributed by atoms with Crippen LogP contribution in [0.5, 0.6) is 0 Å². The second-order valence-electron chi connectivity index (χ2n) is 13.0. The summed E-state index contributed by atoms with van der Waals surface area (Å²) in [5.41, 5.74) is 9.30. The third kappa shape index (κ3) is 5.17. The molecule has 240 valence electrons. The molecular formula is C47H31N3O. The molecule has 0 bridgehead atoms. The number of rotatable bonds is 5. The van der Waals surface area contributed by atoms with Crippen LogP contribution in [0.1, 0.15) is 22.9 Å². The molecule has 9 aromatic rings. The molecule has 0 saturated heterocycles. The van der Waals surface area contributed by atoms with Gasteiger partial charge in [0, 0.05) is 21.9 Å². The number of benzene rings is 8. The summed E-state index contributed by atoms with van der Waals surface area (Å²) in [5.74, 6) is 1.45. The van der Waals surface area contributed by atoms with Crippen LogP contribution in [0, 0.1) is 0 Å². The van der Waals surface area contributed by atoms with Crippen molar-refractivity contribution in [2.24, 2.45) is 9.98 Å². The lowest BCUT2D eigenvalue weighted by Gasteiger charge is -2.24. The van der Waals surface area contributed by atoms with E-state index in [4.69, 9.17) is 14.4 Å². The quantitative estimate of drug-likeness (QED) is 0.201. The van der Waals surface area contributed by atoms with Crippen LogP contribution < -0.4 is 5.32 Å². The van der Waals surface area contributed by atoms with Gasteiger partial charge in [0.05, 0.1) is 0 Å². The van der Waals surface area contributed by atoms with Crippen molar-refractivity contribution in [1.82, 2.24) is 5.32 Å². The third-order valence-corrected chi connectivity index (χ3v) is 9.92. The van der Waals surface area contributed by atoms with E-state index >= 15 is 0 Å². The largest absolute Gasteiger partial charge is 0.456 e. The van der Waals surface area contributed by atoms with E-state index in [1.807, 2.05) is 18.2 Å². The van der Waals surface area contributed by atoms with Gasteiger partial charge in [-0.25, -0.2) is 9.98 Å². The van der Waals surface area contributed by atoms with E-state index in [9.17, 15) is 0 Å². The highest BCUT2D eigenvalue weighted by Crippen LogP contribution is 2.39. The highest BCUT2D eigenvalue weighted by Gasteiger charge is 2.25. The molecule has 4 nitrogen and oxygen atoms in total. The number of aliphatic imine (C=N–C) groups is 2. The van der Waals surface area contributed by atoms with E-state index in [0.29, 0.717) is 5.84 Å². The van der Waals surface area contributed by atoms with Crippen molar-refractivity contribution in [3.05, 3.63) is 193 Å². The minimum atomic E-state index is -0.345. The number of nitrogens with zero attached hydrogens (tertiary/aromatic N) is 2. The summed E-state index contributed by atoms with van der Waals surface area (Å²) in [7, 11) is 0. The van der Waals surface area contributed by atoms with Gasteiger partial charge in [-0.15, -0.1) is 0 Å². The Bertz CT molecular complexity index is 2830. The molecule has 8 aromatic carbocycles. The highest BCUT2D eigenvalue weighted by molar-refractivity contribution is 6.24. The summed E-state index contributed by atoms with van der Waals surface area (Å²) in [5, 5.41) is 10.5. The Hall–Kier alpha value is -6.78. The maximum Gasteiger partial charge on any atom is 0.159 e. The van der Waals surface area contributed by atoms with E-state index in [1.165, 1.54) is 27.3 Å². The van der Waals surface area contributed by atoms with Crippen molar-refractivity contribution in [2.75, 3.05) is 0 Å². The van der Waals surface area contributed by atoms with Gasteiger partial charge in [0.25, 0.3) is 0 Å². The minimum Gasteiger partial charge on any atom is -0.456 e. The van der Waals surface area contributed by atoms with Crippen LogP contribution in [-0.4, -0.2) is 11.7 Å². The van der Waals surface area contributed by atoms with Crippen LogP contribution in [0.2, 0.25) is 0 Å². The number of amidine groups is 2. The maximum absolute atomic E-state index is 6.55. The molecule has 10 rings (SSSR count). The van der Waals surface area contributed by atoms with Gasteiger partial charge in [-0.3, -0.25) is 0 Å². The summed E-state index contributed by atoms with van der Waals surface area (Å²) in [6.07, 6.45) is -0.345. The lowest BCUT2D eigenvalue weighted by molar-refractivity contribution is 0.668. The fourth-order valence-electron chi connectivity index (χ4n) is 7.37. The van der Waals surface area contributed by atoms with E-state index in [1.54, 1.807) is 0 Å². The number of furan rings is 1. The van der Waals surface area contributed by atoms with Crippen LogP contribution in [0.15, 0.2) is 190 Å². The Morgan fingerprint density at radius 1 is 0.431 bits per heavy atom. The molecule has 0 aliphatic carbocycles. The van der Waals surface area contributed by atoms with Crippen LogP contribution in [0.4, 0.5) is 0 Å². The molecule has 1 aliphatic heterocycles. The van der Waals surface area contributed by atoms with Crippen LogP contribution >= 0.6 is 0 Å². The SMILES string of the molecule is c1ccc(-c2ccc(-c3cccc4oc5cccc(C6=NC(c7ccc8ccccc8c7)=NC(c7ccc8ccccc8c7)N6)c5c34)cc2)cc1. The Balaban J connectivity index is 1.14. The van der Waals surface area contributed by atoms with Crippen molar-refractivity contribution < 1.29 is 4.42 Å². The van der Waals surface area contributed by atoms with Crippen molar-refractivity contribution in [1.29, 1.82) is 0 Å². The van der Waals surface area contributed by atoms with Crippen molar-refractivity contribution in [3.63, 3.8) is 0 Å². The lowest BCUT2D eigenvalue weighted by Crippen LogP contribution is -2.33.